The minimum Gasteiger partial charge on any atom is -0.497 e. The Kier molecular flexibility index (Phi) is 8.13. The summed E-state index contributed by atoms with van der Waals surface area (Å²) >= 11 is 0. The standard InChI is InChI=1S/C30H40N4O3Si/c1-30(2,3)38(7,8)37-15-9-13-34(24-16-25(35-5)19-26(17-24)36-6)23-10-11-27-28(18-23)32-29(20-31-27)22-12-14-33(4)21-22/h10-12,14,16-21H,9,13,15H2,1-8H3. The maximum atomic E-state index is 6.48. The average molecular weight is 533 g/mol. The number of rotatable bonds is 10. The van der Waals surface area contributed by atoms with Gasteiger partial charge in [-0.15, -0.1) is 0 Å². The third kappa shape index (κ3) is 6.19. The molecule has 38 heavy (non-hydrogen) atoms. The molecule has 202 valence electrons. The highest BCUT2D eigenvalue weighted by Crippen LogP contribution is 2.37. The predicted molar refractivity (Wildman–Crippen MR) is 158 cm³/mol. The molecule has 0 N–H and O–H groups in total. The van der Waals surface area contributed by atoms with Gasteiger partial charge in [0.2, 0.25) is 0 Å². The second-order valence-electron chi connectivity index (χ2n) is 11.2. The van der Waals surface area contributed by atoms with Gasteiger partial charge in [0.15, 0.2) is 8.32 Å². The van der Waals surface area contributed by atoms with Crippen molar-refractivity contribution in [3.05, 3.63) is 61.1 Å². The summed E-state index contributed by atoms with van der Waals surface area (Å²) in [7, 11) is 3.54. The van der Waals surface area contributed by atoms with E-state index in [0.717, 1.165) is 58.1 Å². The molecule has 0 spiro atoms. The number of fused-ring (bicyclic) bond motifs is 1. The van der Waals surface area contributed by atoms with Crippen LogP contribution >= 0.6 is 0 Å². The van der Waals surface area contributed by atoms with Gasteiger partial charge < -0.3 is 23.4 Å². The normalized spacial score (nSPS) is 12.1. The molecule has 4 aromatic rings. The number of aryl methyl sites for hydroxylation is 1. The SMILES string of the molecule is COc1cc(OC)cc(N(CCCO[Si](C)(C)C(C)(C)C)c2ccc3ncc(-c4ccn(C)c4)nc3c2)c1. The van der Waals surface area contributed by atoms with Gasteiger partial charge in [-0.2, -0.15) is 0 Å². The topological polar surface area (TPSA) is 61.6 Å². The van der Waals surface area contributed by atoms with Crippen molar-refractivity contribution in [3.8, 4) is 22.8 Å². The van der Waals surface area contributed by atoms with E-state index in [1.165, 1.54) is 0 Å². The second kappa shape index (κ2) is 11.2. The van der Waals surface area contributed by atoms with Crippen LogP contribution in [0.4, 0.5) is 11.4 Å². The molecule has 2 heterocycles. The Morgan fingerprint density at radius 1 is 0.921 bits per heavy atom. The number of nitrogens with zero attached hydrogens (tertiary/aromatic N) is 4. The molecule has 8 heteroatoms. The fourth-order valence-corrected chi connectivity index (χ4v) is 5.17. The molecule has 0 saturated carbocycles. The molecule has 0 unspecified atom stereocenters. The number of anilines is 2. The van der Waals surface area contributed by atoms with Gasteiger partial charge in [-0.05, 0) is 48.8 Å². The number of aromatic nitrogens is 3. The van der Waals surface area contributed by atoms with Crippen molar-refractivity contribution in [1.82, 2.24) is 14.5 Å². The van der Waals surface area contributed by atoms with Crippen LogP contribution in [0, 0.1) is 0 Å². The van der Waals surface area contributed by atoms with E-state index in [1.807, 2.05) is 48.3 Å². The summed E-state index contributed by atoms with van der Waals surface area (Å²) in [5, 5.41) is 0.181. The molecular weight excluding hydrogens is 492 g/mol. The number of hydrogen-bond acceptors (Lipinski definition) is 6. The van der Waals surface area contributed by atoms with Gasteiger partial charge in [0.05, 0.1) is 37.1 Å². The Morgan fingerprint density at radius 3 is 2.24 bits per heavy atom. The van der Waals surface area contributed by atoms with Gasteiger partial charge in [0, 0.05) is 67.7 Å². The van der Waals surface area contributed by atoms with Crippen molar-refractivity contribution < 1.29 is 13.9 Å². The maximum Gasteiger partial charge on any atom is 0.191 e. The number of hydrogen-bond donors (Lipinski definition) is 0. The summed E-state index contributed by atoms with van der Waals surface area (Å²) < 4.78 is 19.7. The van der Waals surface area contributed by atoms with Crippen LogP contribution in [0.5, 0.6) is 11.5 Å². The number of ether oxygens (including phenoxy) is 2. The van der Waals surface area contributed by atoms with Crippen molar-refractivity contribution >= 4 is 30.7 Å². The van der Waals surface area contributed by atoms with E-state index in [-0.39, 0.29) is 5.04 Å². The van der Waals surface area contributed by atoms with Crippen LogP contribution < -0.4 is 14.4 Å². The van der Waals surface area contributed by atoms with Gasteiger partial charge in [-0.1, -0.05) is 20.8 Å². The Labute approximate surface area is 227 Å². The molecule has 2 aromatic carbocycles. The van der Waals surface area contributed by atoms with E-state index in [0.29, 0.717) is 6.61 Å². The zero-order chi connectivity index (χ0) is 27.5. The monoisotopic (exact) mass is 532 g/mol. The van der Waals surface area contributed by atoms with E-state index < -0.39 is 8.32 Å². The smallest absolute Gasteiger partial charge is 0.191 e. The first-order valence-corrected chi connectivity index (χ1v) is 16.0. The molecule has 0 amide bonds. The lowest BCUT2D eigenvalue weighted by atomic mass is 10.1. The van der Waals surface area contributed by atoms with Gasteiger partial charge in [0.25, 0.3) is 0 Å². The van der Waals surface area contributed by atoms with Crippen LogP contribution in [0.3, 0.4) is 0 Å². The Hall–Kier alpha value is -3.36. The molecule has 0 aliphatic carbocycles. The lowest BCUT2D eigenvalue weighted by molar-refractivity contribution is 0.284. The van der Waals surface area contributed by atoms with Crippen molar-refractivity contribution in [1.29, 1.82) is 0 Å². The molecule has 2 aromatic heterocycles. The third-order valence-electron chi connectivity index (χ3n) is 7.41. The van der Waals surface area contributed by atoms with E-state index >= 15 is 0 Å². The van der Waals surface area contributed by atoms with Crippen molar-refractivity contribution in [2.75, 3.05) is 32.3 Å². The van der Waals surface area contributed by atoms with E-state index in [1.54, 1.807) is 14.2 Å². The molecular formula is C30H40N4O3Si. The van der Waals surface area contributed by atoms with Crippen LogP contribution in [-0.2, 0) is 11.5 Å². The lowest BCUT2D eigenvalue weighted by Gasteiger charge is -2.36. The molecule has 0 saturated heterocycles. The second-order valence-corrected chi connectivity index (χ2v) is 16.0. The minimum atomic E-state index is -1.82. The molecule has 0 aliphatic heterocycles. The Balaban J connectivity index is 1.68. The summed E-state index contributed by atoms with van der Waals surface area (Å²) in [4.78, 5) is 11.9. The van der Waals surface area contributed by atoms with Crippen molar-refractivity contribution in [2.24, 2.45) is 7.05 Å². The van der Waals surface area contributed by atoms with Crippen LogP contribution in [0.2, 0.25) is 18.1 Å². The quantitative estimate of drug-likeness (QED) is 0.159. The zero-order valence-electron chi connectivity index (χ0n) is 23.9. The lowest BCUT2D eigenvalue weighted by Crippen LogP contribution is -2.41. The fraction of sp³-hybridized carbons (Fsp3) is 0.400. The van der Waals surface area contributed by atoms with Gasteiger partial charge in [-0.3, -0.25) is 4.98 Å². The molecule has 0 aliphatic rings. The minimum absolute atomic E-state index is 0.181. The molecule has 4 rings (SSSR count). The van der Waals surface area contributed by atoms with Gasteiger partial charge in [-0.25, -0.2) is 4.98 Å². The number of benzene rings is 2. The summed E-state index contributed by atoms with van der Waals surface area (Å²) in [6, 6.07) is 14.2. The van der Waals surface area contributed by atoms with Crippen LogP contribution in [0.1, 0.15) is 27.2 Å². The van der Waals surface area contributed by atoms with Gasteiger partial charge in [0.1, 0.15) is 11.5 Å². The first kappa shape index (κ1) is 27.7. The molecule has 0 radical (unpaired) electrons. The van der Waals surface area contributed by atoms with Crippen LogP contribution in [-0.4, -0.2) is 50.2 Å². The van der Waals surface area contributed by atoms with Crippen molar-refractivity contribution in [3.63, 3.8) is 0 Å². The average Bonchev–Trinajstić information content (AvgIpc) is 3.33. The molecule has 0 bridgehead atoms. The molecule has 0 atom stereocenters. The number of methoxy groups -OCH3 is 2. The first-order chi connectivity index (χ1) is 18.0. The summed E-state index contributed by atoms with van der Waals surface area (Å²) in [6.07, 6.45) is 6.78. The summed E-state index contributed by atoms with van der Waals surface area (Å²) in [5.41, 5.74) is 5.62. The zero-order valence-corrected chi connectivity index (χ0v) is 24.9. The van der Waals surface area contributed by atoms with Crippen LogP contribution in [0.15, 0.2) is 61.1 Å². The van der Waals surface area contributed by atoms with Crippen molar-refractivity contribution in [2.45, 2.75) is 45.3 Å². The van der Waals surface area contributed by atoms with E-state index in [2.05, 4.69) is 68.1 Å². The third-order valence-corrected chi connectivity index (χ3v) is 11.9. The molecule has 7 nitrogen and oxygen atoms in total. The maximum absolute atomic E-state index is 6.48. The Morgan fingerprint density at radius 2 is 1.63 bits per heavy atom. The van der Waals surface area contributed by atoms with E-state index in [9.17, 15) is 0 Å². The van der Waals surface area contributed by atoms with E-state index in [4.69, 9.17) is 18.9 Å². The predicted octanol–water partition coefficient (Wildman–Crippen LogP) is 7.20. The largest absolute Gasteiger partial charge is 0.497 e. The van der Waals surface area contributed by atoms with Gasteiger partial charge >= 0.3 is 0 Å². The highest BCUT2D eigenvalue weighted by molar-refractivity contribution is 6.74. The Bertz CT molecular complexity index is 1370. The fourth-order valence-electron chi connectivity index (χ4n) is 4.08. The summed E-state index contributed by atoms with van der Waals surface area (Å²) in [5.74, 6) is 1.49. The highest BCUT2D eigenvalue weighted by Gasteiger charge is 2.36. The first-order valence-electron chi connectivity index (χ1n) is 13.0. The molecule has 0 fully saturated rings. The van der Waals surface area contributed by atoms with Crippen LogP contribution in [0.25, 0.3) is 22.3 Å². The highest BCUT2D eigenvalue weighted by atomic mass is 28.4. The summed E-state index contributed by atoms with van der Waals surface area (Å²) in [6.45, 7) is 12.9.